The van der Waals surface area contributed by atoms with Gasteiger partial charge in [-0.25, -0.2) is 0 Å². The Labute approximate surface area is 127 Å². The van der Waals surface area contributed by atoms with Crippen molar-refractivity contribution in [2.24, 2.45) is 5.92 Å². The van der Waals surface area contributed by atoms with E-state index in [1.54, 1.807) is 0 Å². The first-order valence-electron chi connectivity index (χ1n) is 6.79. The minimum atomic E-state index is -0.520. The first-order chi connectivity index (χ1) is 9.02. The molecule has 0 aliphatic rings. The summed E-state index contributed by atoms with van der Waals surface area (Å²) in [6.45, 7) is 8.08. The Morgan fingerprint density at radius 2 is 1.80 bits per heavy atom. The van der Waals surface area contributed by atoms with E-state index >= 15 is 0 Å². The molecule has 2 amide bonds. The first kappa shape index (κ1) is 21.4. The number of amides is 2. The summed E-state index contributed by atoms with van der Waals surface area (Å²) in [5.41, 5.74) is 0. The fourth-order valence-corrected chi connectivity index (χ4v) is 1.57. The van der Waals surface area contributed by atoms with Gasteiger partial charge in [0.1, 0.15) is 12.6 Å². The molecule has 0 spiro atoms. The van der Waals surface area contributed by atoms with Gasteiger partial charge in [0, 0.05) is 20.2 Å². The van der Waals surface area contributed by atoms with Gasteiger partial charge >= 0.3 is 0 Å². The van der Waals surface area contributed by atoms with Crippen molar-refractivity contribution in [1.29, 1.82) is 0 Å². The van der Waals surface area contributed by atoms with Crippen LogP contribution in [0.25, 0.3) is 0 Å². The lowest BCUT2D eigenvalue weighted by atomic mass is 10.0. The van der Waals surface area contributed by atoms with E-state index in [1.807, 2.05) is 13.8 Å². The van der Waals surface area contributed by atoms with E-state index in [-0.39, 0.29) is 36.7 Å². The second-order valence-electron chi connectivity index (χ2n) is 4.76. The van der Waals surface area contributed by atoms with Gasteiger partial charge in [-0.2, -0.15) is 0 Å². The van der Waals surface area contributed by atoms with Gasteiger partial charge in [0.15, 0.2) is 0 Å². The van der Waals surface area contributed by atoms with Crippen LogP contribution < -0.4 is 16.0 Å². The number of halogens is 1. The average molecular weight is 310 g/mol. The van der Waals surface area contributed by atoms with Gasteiger partial charge in [-0.05, 0) is 18.9 Å². The quantitative estimate of drug-likeness (QED) is 0.508. The number of methoxy groups -OCH3 is 1. The van der Waals surface area contributed by atoms with E-state index < -0.39 is 6.04 Å². The summed E-state index contributed by atoms with van der Waals surface area (Å²) < 4.78 is 4.74. The van der Waals surface area contributed by atoms with Crippen molar-refractivity contribution in [2.45, 2.75) is 33.2 Å². The van der Waals surface area contributed by atoms with Crippen molar-refractivity contribution in [1.82, 2.24) is 16.0 Å². The Hall–Kier alpha value is -0.850. The summed E-state index contributed by atoms with van der Waals surface area (Å²) in [4.78, 5) is 23.4. The van der Waals surface area contributed by atoms with Crippen molar-refractivity contribution in [3.63, 3.8) is 0 Å². The van der Waals surface area contributed by atoms with Crippen molar-refractivity contribution >= 4 is 24.2 Å². The topological polar surface area (TPSA) is 79.5 Å². The highest BCUT2D eigenvalue weighted by molar-refractivity contribution is 5.88. The number of carbonyl (C=O) groups excluding carboxylic acids is 2. The first-order valence-corrected chi connectivity index (χ1v) is 6.79. The molecule has 0 heterocycles. The molecule has 0 saturated heterocycles. The third kappa shape index (κ3) is 10.00. The molecule has 1 atom stereocenters. The maximum absolute atomic E-state index is 12.0. The Kier molecular flexibility index (Phi) is 14.1. The highest BCUT2D eigenvalue weighted by Crippen LogP contribution is 2.01. The summed E-state index contributed by atoms with van der Waals surface area (Å²) in [5.74, 6) is -0.400. The summed E-state index contributed by atoms with van der Waals surface area (Å²) in [5, 5.41) is 8.68. The van der Waals surface area contributed by atoms with Crippen LogP contribution in [-0.2, 0) is 14.3 Å². The fourth-order valence-electron chi connectivity index (χ4n) is 1.57. The second kappa shape index (κ2) is 13.1. The Balaban J connectivity index is 0. The van der Waals surface area contributed by atoms with Crippen molar-refractivity contribution in [3.8, 4) is 0 Å². The van der Waals surface area contributed by atoms with Crippen LogP contribution in [-0.4, -0.2) is 51.2 Å². The van der Waals surface area contributed by atoms with Crippen LogP contribution in [0.3, 0.4) is 0 Å². The minimum Gasteiger partial charge on any atom is -0.375 e. The molecule has 0 aromatic heterocycles. The molecule has 0 bridgehead atoms. The SMILES string of the molecule is CCCNCCNC(=O)[C@@H](NC(=O)COC)C(C)C.Cl. The zero-order valence-electron chi connectivity index (χ0n) is 12.8. The highest BCUT2D eigenvalue weighted by atomic mass is 35.5. The smallest absolute Gasteiger partial charge is 0.246 e. The largest absolute Gasteiger partial charge is 0.375 e. The predicted octanol–water partition coefficient (Wildman–Crippen LogP) is 0.311. The average Bonchev–Trinajstić information content (AvgIpc) is 2.35. The molecule has 20 heavy (non-hydrogen) atoms. The van der Waals surface area contributed by atoms with Crippen LogP contribution >= 0.6 is 12.4 Å². The summed E-state index contributed by atoms with van der Waals surface area (Å²) >= 11 is 0. The van der Waals surface area contributed by atoms with E-state index in [2.05, 4.69) is 22.9 Å². The summed E-state index contributed by atoms with van der Waals surface area (Å²) in [7, 11) is 1.45. The number of hydrogen-bond acceptors (Lipinski definition) is 4. The molecular formula is C13H28ClN3O3. The molecule has 0 fully saturated rings. The lowest BCUT2D eigenvalue weighted by Crippen LogP contribution is -2.51. The van der Waals surface area contributed by atoms with E-state index in [0.717, 1.165) is 19.5 Å². The molecule has 0 aromatic carbocycles. The van der Waals surface area contributed by atoms with E-state index in [1.165, 1.54) is 7.11 Å². The van der Waals surface area contributed by atoms with Gasteiger partial charge in [0.25, 0.3) is 0 Å². The van der Waals surface area contributed by atoms with Gasteiger partial charge < -0.3 is 20.7 Å². The Morgan fingerprint density at radius 1 is 1.15 bits per heavy atom. The van der Waals surface area contributed by atoms with Crippen LogP contribution in [0, 0.1) is 5.92 Å². The second-order valence-corrected chi connectivity index (χ2v) is 4.76. The van der Waals surface area contributed by atoms with Crippen LogP contribution in [0.15, 0.2) is 0 Å². The molecular weight excluding hydrogens is 282 g/mol. The molecule has 6 nitrogen and oxygen atoms in total. The molecule has 0 aromatic rings. The summed E-state index contributed by atoms with van der Waals surface area (Å²) in [6, 6.07) is -0.520. The molecule has 0 radical (unpaired) electrons. The maximum atomic E-state index is 12.0. The molecule has 3 N–H and O–H groups in total. The van der Waals surface area contributed by atoms with Crippen LogP contribution in [0.5, 0.6) is 0 Å². The normalized spacial score (nSPS) is 11.7. The molecule has 0 aliphatic heterocycles. The number of hydrogen-bond donors (Lipinski definition) is 3. The fraction of sp³-hybridized carbons (Fsp3) is 0.846. The third-order valence-electron chi connectivity index (χ3n) is 2.57. The Morgan fingerprint density at radius 3 is 2.30 bits per heavy atom. The van der Waals surface area contributed by atoms with E-state index in [4.69, 9.17) is 4.74 Å². The Bertz CT molecular complexity index is 276. The van der Waals surface area contributed by atoms with Gasteiger partial charge in [0.2, 0.25) is 11.8 Å². The van der Waals surface area contributed by atoms with E-state index in [9.17, 15) is 9.59 Å². The monoisotopic (exact) mass is 309 g/mol. The standard InChI is InChI=1S/C13H27N3O3.ClH/c1-5-6-14-7-8-15-13(18)12(10(2)3)16-11(17)9-19-4;/h10,12,14H,5-9H2,1-4H3,(H,15,18)(H,16,17);1H/t12-;/m0./s1. The van der Waals surface area contributed by atoms with Crippen LogP contribution in [0.1, 0.15) is 27.2 Å². The highest BCUT2D eigenvalue weighted by Gasteiger charge is 2.23. The van der Waals surface area contributed by atoms with Gasteiger partial charge in [-0.1, -0.05) is 20.8 Å². The number of carbonyl (C=O) groups is 2. The number of nitrogens with one attached hydrogen (secondary N) is 3. The molecule has 0 unspecified atom stereocenters. The minimum absolute atomic E-state index is 0. The van der Waals surface area contributed by atoms with Crippen molar-refractivity contribution in [2.75, 3.05) is 33.4 Å². The third-order valence-corrected chi connectivity index (χ3v) is 2.57. The molecule has 7 heteroatoms. The molecule has 0 rings (SSSR count). The number of ether oxygens (including phenoxy) is 1. The number of rotatable bonds is 10. The van der Waals surface area contributed by atoms with Gasteiger partial charge in [-0.3, -0.25) is 9.59 Å². The zero-order valence-corrected chi connectivity index (χ0v) is 13.6. The van der Waals surface area contributed by atoms with Crippen LogP contribution in [0.2, 0.25) is 0 Å². The maximum Gasteiger partial charge on any atom is 0.246 e. The zero-order chi connectivity index (χ0) is 14.7. The van der Waals surface area contributed by atoms with Crippen molar-refractivity contribution in [3.05, 3.63) is 0 Å². The lowest BCUT2D eigenvalue weighted by molar-refractivity contribution is -0.131. The lowest BCUT2D eigenvalue weighted by Gasteiger charge is -2.21. The predicted molar refractivity (Wildman–Crippen MR) is 82.1 cm³/mol. The molecule has 0 saturated carbocycles. The van der Waals surface area contributed by atoms with E-state index in [0.29, 0.717) is 6.54 Å². The molecule has 120 valence electrons. The summed E-state index contributed by atoms with van der Waals surface area (Å²) in [6.07, 6.45) is 1.07. The van der Waals surface area contributed by atoms with Gasteiger partial charge in [-0.15, -0.1) is 12.4 Å². The van der Waals surface area contributed by atoms with Gasteiger partial charge in [0.05, 0.1) is 0 Å². The molecule has 0 aliphatic carbocycles. The van der Waals surface area contributed by atoms with Crippen molar-refractivity contribution < 1.29 is 14.3 Å². The van der Waals surface area contributed by atoms with Crippen LogP contribution in [0.4, 0.5) is 0 Å².